The average molecular weight is 415 g/mol. The second-order valence-corrected chi connectivity index (χ2v) is 8.49. The summed E-state index contributed by atoms with van der Waals surface area (Å²) in [5, 5.41) is 7.86. The highest BCUT2D eigenvalue weighted by atomic mass is 32.1. The van der Waals surface area contributed by atoms with Crippen LogP contribution in [-0.4, -0.2) is 50.7 Å². The lowest BCUT2D eigenvalue weighted by Gasteiger charge is -2.20. The van der Waals surface area contributed by atoms with Crippen LogP contribution < -0.4 is 4.90 Å². The number of imidazole rings is 1. The highest BCUT2D eigenvalue weighted by Gasteiger charge is 2.19. The number of benzene rings is 1. The van der Waals surface area contributed by atoms with Crippen LogP contribution in [-0.2, 0) is 6.54 Å². The number of rotatable bonds is 4. The van der Waals surface area contributed by atoms with E-state index in [1.54, 1.807) is 34.8 Å². The Morgan fingerprint density at radius 1 is 1.07 bits per heavy atom. The fraction of sp³-hybridized carbons (Fsp3) is 0.316. The molecule has 5 rings (SSSR count). The summed E-state index contributed by atoms with van der Waals surface area (Å²) < 4.78 is 15.0. The van der Waals surface area contributed by atoms with E-state index >= 15 is 0 Å². The molecule has 0 unspecified atom stereocenters. The van der Waals surface area contributed by atoms with Gasteiger partial charge in [0.05, 0.1) is 23.1 Å². The highest BCUT2D eigenvalue weighted by molar-refractivity contribution is 7.20. The molecule has 3 aromatic heterocycles. The fourth-order valence-corrected chi connectivity index (χ4v) is 4.93. The molecule has 6 nitrogen and oxygen atoms in total. The number of hydrogen-bond donors (Lipinski definition) is 0. The third kappa shape index (κ3) is 3.65. The lowest BCUT2D eigenvalue weighted by Crippen LogP contribution is -2.30. The molecular weight excluding hydrogens is 395 g/mol. The third-order valence-corrected chi connectivity index (χ3v) is 6.52. The molecule has 0 bridgehead atoms. The van der Waals surface area contributed by atoms with E-state index in [0.717, 1.165) is 66.2 Å². The summed E-state index contributed by atoms with van der Waals surface area (Å²) in [4.78, 5) is 14.7. The van der Waals surface area contributed by atoms with Crippen molar-refractivity contribution >= 4 is 32.8 Å². The minimum absolute atomic E-state index is 0.241. The number of anilines is 1. The Morgan fingerprint density at radius 2 is 1.96 bits per heavy atom. The van der Waals surface area contributed by atoms with Gasteiger partial charge in [-0.25, -0.2) is 18.9 Å². The van der Waals surface area contributed by atoms with E-state index in [4.69, 9.17) is 5.10 Å². The summed E-state index contributed by atoms with van der Waals surface area (Å²) in [5.74, 6) is -0.241. The number of nitrogens with zero attached hydrogens (tertiary/aromatic N) is 6. The van der Waals surface area contributed by atoms with Crippen LogP contribution in [0.3, 0.4) is 0 Å². The van der Waals surface area contributed by atoms with Crippen molar-refractivity contribution in [1.82, 2.24) is 24.5 Å². The zero-order valence-electron chi connectivity index (χ0n) is 15.2. The number of halogens is 1. The lowest BCUT2D eigenvalue weighted by molar-refractivity contribution is 0.282. The molecule has 1 aromatic carbocycles. The molecule has 28 heavy (non-hydrogen) atoms. The van der Waals surface area contributed by atoms with Gasteiger partial charge in [-0.05, 0) is 30.7 Å². The first kappa shape index (κ1) is 17.7. The standard InChI is InChI=1S/C19H19FN6S2/c20-15-4-2-14(3-5-15)17-11-26-18(22-17)28-19(23-26)25-7-1-6-24(8-9-25)10-16-12-27-13-21-16/h2-5,11-13H,1,6-10H2. The van der Waals surface area contributed by atoms with E-state index in [1.807, 2.05) is 16.2 Å². The van der Waals surface area contributed by atoms with Gasteiger partial charge in [-0.15, -0.1) is 16.4 Å². The number of aromatic nitrogens is 4. The Labute approximate surface area is 169 Å². The number of fused-ring (bicyclic) bond motifs is 1. The Kier molecular flexibility index (Phi) is 4.79. The summed E-state index contributed by atoms with van der Waals surface area (Å²) in [6, 6.07) is 6.40. The minimum Gasteiger partial charge on any atom is -0.345 e. The van der Waals surface area contributed by atoms with Gasteiger partial charge >= 0.3 is 0 Å². The summed E-state index contributed by atoms with van der Waals surface area (Å²) in [7, 11) is 0. The molecule has 0 amide bonds. The van der Waals surface area contributed by atoms with E-state index in [9.17, 15) is 4.39 Å². The molecular formula is C19H19FN6S2. The highest BCUT2D eigenvalue weighted by Crippen LogP contribution is 2.27. The lowest BCUT2D eigenvalue weighted by atomic mass is 10.2. The predicted octanol–water partition coefficient (Wildman–Crippen LogP) is 3.77. The molecule has 4 aromatic rings. The number of thiazole rings is 1. The van der Waals surface area contributed by atoms with Crippen LogP contribution in [0.4, 0.5) is 9.52 Å². The molecule has 0 N–H and O–H groups in total. The van der Waals surface area contributed by atoms with Gasteiger partial charge in [0.15, 0.2) is 0 Å². The smallest absolute Gasteiger partial charge is 0.214 e. The molecule has 4 heterocycles. The predicted molar refractivity (Wildman–Crippen MR) is 110 cm³/mol. The van der Waals surface area contributed by atoms with E-state index in [2.05, 4.69) is 25.1 Å². The monoisotopic (exact) mass is 414 g/mol. The van der Waals surface area contributed by atoms with Gasteiger partial charge in [-0.3, -0.25) is 4.90 Å². The molecule has 0 spiro atoms. The summed E-state index contributed by atoms with van der Waals surface area (Å²) in [6.07, 6.45) is 3.02. The molecule has 0 radical (unpaired) electrons. The van der Waals surface area contributed by atoms with Gasteiger partial charge < -0.3 is 4.90 Å². The van der Waals surface area contributed by atoms with Crippen molar-refractivity contribution in [3.63, 3.8) is 0 Å². The molecule has 1 fully saturated rings. The minimum atomic E-state index is -0.241. The Morgan fingerprint density at radius 3 is 2.75 bits per heavy atom. The maximum atomic E-state index is 13.1. The maximum absolute atomic E-state index is 13.1. The van der Waals surface area contributed by atoms with Gasteiger partial charge in [0, 0.05) is 43.7 Å². The van der Waals surface area contributed by atoms with Crippen LogP contribution in [0, 0.1) is 5.82 Å². The van der Waals surface area contributed by atoms with Crippen LogP contribution >= 0.6 is 22.7 Å². The molecule has 0 aliphatic carbocycles. The molecule has 1 saturated heterocycles. The van der Waals surface area contributed by atoms with E-state index in [1.165, 1.54) is 12.1 Å². The van der Waals surface area contributed by atoms with Crippen molar-refractivity contribution in [2.75, 3.05) is 31.1 Å². The summed E-state index contributed by atoms with van der Waals surface area (Å²) >= 11 is 3.25. The van der Waals surface area contributed by atoms with E-state index in [0.29, 0.717) is 0 Å². The van der Waals surface area contributed by atoms with E-state index < -0.39 is 0 Å². The number of hydrogen-bond acceptors (Lipinski definition) is 7. The topological polar surface area (TPSA) is 49.6 Å². The van der Waals surface area contributed by atoms with Crippen molar-refractivity contribution in [2.45, 2.75) is 13.0 Å². The normalized spacial score (nSPS) is 16.0. The quantitative estimate of drug-likeness (QED) is 0.509. The van der Waals surface area contributed by atoms with Crippen molar-refractivity contribution in [3.8, 4) is 11.3 Å². The Bertz CT molecular complexity index is 1020. The van der Waals surface area contributed by atoms with E-state index in [-0.39, 0.29) is 5.82 Å². The van der Waals surface area contributed by atoms with Gasteiger partial charge in [0.25, 0.3) is 0 Å². The zero-order chi connectivity index (χ0) is 18.9. The van der Waals surface area contributed by atoms with Crippen molar-refractivity contribution in [1.29, 1.82) is 0 Å². The van der Waals surface area contributed by atoms with Crippen molar-refractivity contribution < 1.29 is 4.39 Å². The average Bonchev–Trinajstić information content (AvgIpc) is 3.37. The van der Waals surface area contributed by atoms with Crippen LogP contribution in [0.5, 0.6) is 0 Å². The molecule has 0 atom stereocenters. The fourth-order valence-electron chi connectivity index (χ4n) is 3.44. The van der Waals surface area contributed by atoms with Crippen LogP contribution in [0.1, 0.15) is 12.1 Å². The third-order valence-electron chi connectivity index (χ3n) is 4.90. The van der Waals surface area contributed by atoms with Crippen molar-refractivity contribution in [3.05, 3.63) is 52.9 Å². The summed E-state index contributed by atoms with van der Waals surface area (Å²) in [5.41, 5.74) is 4.76. The SMILES string of the molecule is Fc1ccc(-c2cn3nc(N4CCCN(Cc5cscn5)CC4)sc3n2)cc1. The van der Waals surface area contributed by atoms with Crippen LogP contribution in [0.2, 0.25) is 0 Å². The molecule has 144 valence electrons. The molecule has 1 aliphatic rings. The Balaban J connectivity index is 1.29. The van der Waals surface area contributed by atoms with Gasteiger partial charge in [-0.1, -0.05) is 11.3 Å². The van der Waals surface area contributed by atoms with Crippen LogP contribution in [0.15, 0.2) is 41.4 Å². The first-order valence-electron chi connectivity index (χ1n) is 9.21. The first-order valence-corrected chi connectivity index (χ1v) is 11.0. The second-order valence-electron chi connectivity index (χ2n) is 6.84. The molecule has 1 aliphatic heterocycles. The first-order chi connectivity index (χ1) is 13.7. The van der Waals surface area contributed by atoms with Gasteiger partial charge in [0.2, 0.25) is 10.1 Å². The maximum Gasteiger partial charge on any atom is 0.214 e. The molecule has 9 heteroatoms. The van der Waals surface area contributed by atoms with Gasteiger partial charge in [-0.2, -0.15) is 0 Å². The zero-order valence-corrected chi connectivity index (χ0v) is 16.8. The van der Waals surface area contributed by atoms with Crippen LogP contribution in [0.25, 0.3) is 16.2 Å². The molecule has 0 saturated carbocycles. The Hall–Kier alpha value is -2.36. The summed E-state index contributed by atoms with van der Waals surface area (Å²) in [6.45, 7) is 4.94. The largest absolute Gasteiger partial charge is 0.345 e. The second kappa shape index (κ2) is 7.57. The van der Waals surface area contributed by atoms with Gasteiger partial charge in [0.1, 0.15) is 5.82 Å². The van der Waals surface area contributed by atoms with Crippen molar-refractivity contribution in [2.24, 2.45) is 0 Å².